The number of para-hydroxylation sites is 2. The third kappa shape index (κ3) is 1.93. The van der Waals surface area contributed by atoms with E-state index in [1.54, 1.807) is 22.0 Å². The van der Waals surface area contributed by atoms with Crippen LogP contribution >= 0.6 is 0 Å². The molecule has 4 nitrogen and oxygen atoms in total. The van der Waals surface area contributed by atoms with Gasteiger partial charge in [0.2, 0.25) is 0 Å². The van der Waals surface area contributed by atoms with Crippen molar-refractivity contribution in [2.24, 2.45) is 0 Å². The summed E-state index contributed by atoms with van der Waals surface area (Å²) in [5, 5.41) is 0. The number of amides is 1. The summed E-state index contributed by atoms with van der Waals surface area (Å²) in [6.45, 7) is 0. The highest BCUT2D eigenvalue weighted by Gasteiger charge is 2.33. The molecule has 0 bridgehead atoms. The van der Waals surface area contributed by atoms with Crippen LogP contribution in [0.2, 0.25) is 0 Å². The normalized spacial score (nSPS) is 15.4. The lowest BCUT2D eigenvalue weighted by Gasteiger charge is -2.16. The van der Waals surface area contributed by atoms with E-state index in [0.29, 0.717) is 5.57 Å². The number of benzene rings is 2. The summed E-state index contributed by atoms with van der Waals surface area (Å²) in [4.78, 5) is 18.7. The van der Waals surface area contributed by atoms with Crippen molar-refractivity contribution in [3.63, 3.8) is 0 Å². The number of carbonyl (C=O) groups is 1. The summed E-state index contributed by atoms with van der Waals surface area (Å²) in [5.74, 6) is -0.0268. The van der Waals surface area contributed by atoms with Crippen LogP contribution in [-0.2, 0) is 4.79 Å². The molecule has 2 heterocycles. The molecule has 22 heavy (non-hydrogen) atoms. The van der Waals surface area contributed by atoms with E-state index < -0.39 is 0 Å². The summed E-state index contributed by atoms with van der Waals surface area (Å²) in [7, 11) is 0. The van der Waals surface area contributed by atoms with Gasteiger partial charge in [-0.2, -0.15) is 0 Å². The van der Waals surface area contributed by atoms with Crippen LogP contribution in [0.15, 0.2) is 73.3 Å². The summed E-state index contributed by atoms with van der Waals surface area (Å²) in [6.07, 6.45) is 7.00. The maximum Gasteiger partial charge on any atom is 0.265 e. The van der Waals surface area contributed by atoms with Gasteiger partial charge in [-0.15, -0.1) is 0 Å². The molecule has 0 atom stereocenters. The number of anilines is 2. The predicted molar refractivity (Wildman–Crippen MR) is 86.4 cm³/mol. The van der Waals surface area contributed by atoms with Gasteiger partial charge in [-0.1, -0.05) is 36.4 Å². The molecule has 4 rings (SSSR count). The lowest BCUT2D eigenvalue weighted by molar-refractivity contribution is -0.112. The minimum Gasteiger partial charge on any atom is -0.312 e. The van der Waals surface area contributed by atoms with Gasteiger partial charge in [0, 0.05) is 29.8 Å². The quantitative estimate of drug-likeness (QED) is 0.676. The topological polar surface area (TPSA) is 38.1 Å². The Morgan fingerprint density at radius 3 is 2.50 bits per heavy atom. The zero-order valence-corrected chi connectivity index (χ0v) is 11.8. The van der Waals surface area contributed by atoms with Crippen molar-refractivity contribution in [3.8, 4) is 0 Å². The number of hydrogen-bond acceptors (Lipinski definition) is 2. The molecule has 1 amide bonds. The second kappa shape index (κ2) is 5.00. The molecule has 3 aromatic rings. The summed E-state index contributed by atoms with van der Waals surface area (Å²) < 4.78 is 1.79. The third-order valence-corrected chi connectivity index (χ3v) is 3.69. The second-order valence-corrected chi connectivity index (χ2v) is 5.05. The Labute approximate surface area is 128 Å². The van der Waals surface area contributed by atoms with Gasteiger partial charge >= 0.3 is 0 Å². The number of imidazole rings is 1. The molecule has 4 heteroatoms. The van der Waals surface area contributed by atoms with E-state index in [4.69, 9.17) is 0 Å². The fourth-order valence-electron chi connectivity index (χ4n) is 2.69. The van der Waals surface area contributed by atoms with E-state index in [1.807, 2.05) is 67.0 Å². The largest absolute Gasteiger partial charge is 0.312 e. The van der Waals surface area contributed by atoms with Crippen molar-refractivity contribution in [1.82, 2.24) is 9.55 Å². The second-order valence-electron chi connectivity index (χ2n) is 5.05. The lowest BCUT2D eigenvalue weighted by atomic mass is 10.1. The molecular weight excluding hydrogens is 274 g/mol. The summed E-state index contributed by atoms with van der Waals surface area (Å²) in [6, 6.07) is 17.5. The number of nitrogens with zero attached hydrogens (tertiary/aromatic N) is 3. The molecule has 1 aromatic heterocycles. The first kappa shape index (κ1) is 12.6. The first-order chi connectivity index (χ1) is 10.8. The van der Waals surface area contributed by atoms with Gasteiger partial charge in [-0.25, -0.2) is 4.98 Å². The Kier molecular flexibility index (Phi) is 2.86. The minimum atomic E-state index is -0.0268. The Morgan fingerprint density at radius 2 is 1.73 bits per heavy atom. The van der Waals surface area contributed by atoms with Gasteiger partial charge in [0.15, 0.2) is 0 Å². The fraction of sp³-hybridized carbons (Fsp3) is 0. The van der Waals surface area contributed by atoms with E-state index in [0.717, 1.165) is 16.9 Å². The monoisotopic (exact) mass is 287 g/mol. The van der Waals surface area contributed by atoms with Gasteiger partial charge in [-0.3, -0.25) is 9.69 Å². The maximum atomic E-state index is 12.9. The fourth-order valence-corrected chi connectivity index (χ4v) is 2.69. The van der Waals surface area contributed by atoms with Crippen molar-refractivity contribution in [2.45, 2.75) is 0 Å². The van der Waals surface area contributed by atoms with Gasteiger partial charge < -0.3 is 4.57 Å². The maximum absolute atomic E-state index is 12.9. The summed E-state index contributed by atoms with van der Waals surface area (Å²) in [5.41, 5.74) is 3.38. The van der Waals surface area contributed by atoms with Gasteiger partial charge in [0.05, 0.1) is 17.6 Å². The molecule has 1 aliphatic rings. The highest BCUT2D eigenvalue weighted by molar-refractivity contribution is 6.37. The number of fused-ring (bicyclic) bond motifs is 1. The Balaban J connectivity index is 1.89. The van der Waals surface area contributed by atoms with Crippen LogP contribution in [-0.4, -0.2) is 15.5 Å². The van der Waals surface area contributed by atoms with Crippen molar-refractivity contribution >= 4 is 29.1 Å². The summed E-state index contributed by atoms with van der Waals surface area (Å²) >= 11 is 0. The van der Waals surface area contributed by atoms with Crippen molar-refractivity contribution in [2.75, 3.05) is 4.90 Å². The SMILES string of the molecule is O=C1C(=Cn2ccnc2)c2ccccc2N1c1ccccc1. The molecule has 0 saturated carbocycles. The van der Waals surface area contributed by atoms with Crippen molar-refractivity contribution in [3.05, 3.63) is 78.9 Å². The molecule has 0 radical (unpaired) electrons. The number of hydrogen-bond donors (Lipinski definition) is 0. The smallest absolute Gasteiger partial charge is 0.265 e. The Morgan fingerprint density at radius 1 is 0.955 bits per heavy atom. The molecule has 1 aliphatic heterocycles. The molecule has 0 N–H and O–H groups in total. The zero-order valence-electron chi connectivity index (χ0n) is 11.8. The van der Waals surface area contributed by atoms with E-state index in [2.05, 4.69) is 4.98 Å². The number of aromatic nitrogens is 2. The molecule has 0 unspecified atom stereocenters. The number of carbonyl (C=O) groups excluding carboxylic acids is 1. The van der Waals surface area contributed by atoms with Crippen molar-refractivity contribution in [1.29, 1.82) is 0 Å². The van der Waals surface area contributed by atoms with E-state index in [-0.39, 0.29) is 5.91 Å². The predicted octanol–water partition coefficient (Wildman–Crippen LogP) is 3.56. The van der Waals surface area contributed by atoms with Crippen LogP contribution in [0.1, 0.15) is 5.56 Å². The minimum absolute atomic E-state index is 0.0268. The van der Waals surface area contributed by atoms with Crippen LogP contribution in [0.3, 0.4) is 0 Å². The van der Waals surface area contributed by atoms with Crippen LogP contribution in [0.5, 0.6) is 0 Å². The van der Waals surface area contributed by atoms with Gasteiger partial charge in [-0.05, 0) is 18.2 Å². The molecule has 0 saturated heterocycles. The first-order valence-electron chi connectivity index (χ1n) is 7.03. The van der Waals surface area contributed by atoms with E-state index >= 15 is 0 Å². The zero-order chi connectivity index (χ0) is 14.9. The van der Waals surface area contributed by atoms with E-state index in [9.17, 15) is 4.79 Å². The highest BCUT2D eigenvalue weighted by Crippen LogP contribution is 2.41. The average molecular weight is 287 g/mol. The third-order valence-electron chi connectivity index (χ3n) is 3.69. The standard InChI is InChI=1S/C18H13N3O/c22-18-16(12-20-11-10-19-13-20)15-8-4-5-9-17(15)21(18)14-6-2-1-3-7-14/h1-13H. The van der Waals surface area contributed by atoms with Crippen LogP contribution in [0.25, 0.3) is 11.8 Å². The Bertz CT molecular complexity index is 851. The molecule has 0 fully saturated rings. The Hall–Kier alpha value is -3.14. The van der Waals surface area contributed by atoms with Crippen LogP contribution < -0.4 is 4.90 Å². The first-order valence-corrected chi connectivity index (χ1v) is 7.03. The van der Waals surface area contributed by atoms with Crippen LogP contribution in [0, 0.1) is 0 Å². The molecule has 0 spiro atoms. The number of rotatable bonds is 2. The highest BCUT2D eigenvalue weighted by atomic mass is 16.2. The molecular formula is C18H13N3O. The molecule has 0 aliphatic carbocycles. The lowest BCUT2D eigenvalue weighted by Crippen LogP contribution is -2.20. The van der Waals surface area contributed by atoms with Gasteiger partial charge in [0.25, 0.3) is 5.91 Å². The molecule has 2 aromatic carbocycles. The average Bonchev–Trinajstić information content (AvgIpc) is 3.16. The molecule has 106 valence electrons. The van der Waals surface area contributed by atoms with Crippen LogP contribution in [0.4, 0.5) is 11.4 Å². The van der Waals surface area contributed by atoms with Crippen molar-refractivity contribution < 1.29 is 4.79 Å². The van der Waals surface area contributed by atoms with Gasteiger partial charge in [0.1, 0.15) is 0 Å². The van der Waals surface area contributed by atoms with E-state index in [1.165, 1.54) is 0 Å².